The number of hydrogen-bond acceptors (Lipinski definition) is 5. The summed E-state index contributed by atoms with van der Waals surface area (Å²) in [5, 5.41) is 8.57. The molecule has 0 aliphatic rings. The maximum Gasteiger partial charge on any atom is 0.252 e. The van der Waals surface area contributed by atoms with E-state index in [2.05, 4.69) is 15.6 Å². The Morgan fingerprint density at radius 1 is 1.24 bits per heavy atom. The third kappa shape index (κ3) is 6.51. The minimum Gasteiger partial charge on any atom is -0.350 e. The Labute approximate surface area is 156 Å². The molecule has 0 aliphatic heterocycles. The monoisotopic (exact) mass is 377 g/mol. The Morgan fingerprint density at radius 2 is 1.96 bits per heavy atom. The second kappa shape index (κ2) is 8.49. The van der Waals surface area contributed by atoms with Gasteiger partial charge in [0.05, 0.1) is 22.8 Å². The molecular weight excluding hydrogens is 354 g/mol. The van der Waals surface area contributed by atoms with Crippen molar-refractivity contribution in [1.29, 1.82) is 0 Å². The normalized spacial score (nSPS) is 11.2. The number of nitrogens with zero attached hydrogens (tertiary/aromatic N) is 1. The lowest BCUT2D eigenvalue weighted by atomic mass is 10.1. The highest BCUT2D eigenvalue weighted by Gasteiger charge is 2.16. The summed E-state index contributed by atoms with van der Waals surface area (Å²) in [4.78, 5) is 29.6. The van der Waals surface area contributed by atoms with Gasteiger partial charge in [-0.05, 0) is 39.8 Å². The van der Waals surface area contributed by atoms with Crippen molar-refractivity contribution < 1.29 is 9.59 Å². The van der Waals surface area contributed by atoms with Crippen LogP contribution < -0.4 is 10.6 Å². The highest BCUT2D eigenvalue weighted by atomic mass is 32.2. The fourth-order valence-corrected chi connectivity index (χ4v) is 3.78. The summed E-state index contributed by atoms with van der Waals surface area (Å²) in [7, 11) is 0. The van der Waals surface area contributed by atoms with Gasteiger partial charge >= 0.3 is 0 Å². The Morgan fingerprint density at radius 3 is 2.60 bits per heavy atom. The maximum atomic E-state index is 12.4. The second-order valence-corrected chi connectivity index (χ2v) is 8.70. The van der Waals surface area contributed by atoms with Gasteiger partial charge in [0, 0.05) is 21.6 Å². The molecule has 1 aromatic heterocycles. The van der Waals surface area contributed by atoms with Gasteiger partial charge in [-0.25, -0.2) is 4.98 Å². The van der Waals surface area contributed by atoms with E-state index < -0.39 is 0 Å². The van der Waals surface area contributed by atoms with Crippen molar-refractivity contribution in [3.05, 3.63) is 45.9 Å². The van der Waals surface area contributed by atoms with Gasteiger partial charge in [0.1, 0.15) is 0 Å². The SMILES string of the molecule is Cc1nc(CSc2ccccc2C(=O)NCC(=O)NC(C)(C)C)cs1. The zero-order chi connectivity index (χ0) is 18.4. The van der Waals surface area contributed by atoms with Gasteiger partial charge in [-0.3, -0.25) is 9.59 Å². The summed E-state index contributed by atoms with van der Waals surface area (Å²) in [6.45, 7) is 7.64. The average molecular weight is 378 g/mol. The van der Waals surface area contributed by atoms with Crippen molar-refractivity contribution in [2.75, 3.05) is 6.54 Å². The standard InChI is InChI=1S/C18H23N3O2S2/c1-12-20-13(10-24-12)11-25-15-8-6-5-7-14(15)17(23)19-9-16(22)21-18(2,3)4/h5-8,10H,9,11H2,1-4H3,(H,19,23)(H,21,22). The van der Waals surface area contributed by atoms with Gasteiger partial charge in [-0.1, -0.05) is 12.1 Å². The number of carbonyl (C=O) groups is 2. The molecule has 0 spiro atoms. The van der Waals surface area contributed by atoms with Crippen molar-refractivity contribution in [3.63, 3.8) is 0 Å². The van der Waals surface area contributed by atoms with Gasteiger partial charge in [0.25, 0.3) is 5.91 Å². The zero-order valence-corrected chi connectivity index (χ0v) is 16.5. The van der Waals surface area contributed by atoms with Crippen LogP contribution in [0.5, 0.6) is 0 Å². The molecular formula is C18H23N3O2S2. The molecule has 2 N–H and O–H groups in total. The quantitative estimate of drug-likeness (QED) is 0.757. The number of carbonyl (C=O) groups excluding carboxylic acids is 2. The largest absolute Gasteiger partial charge is 0.350 e. The highest BCUT2D eigenvalue weighted by Crippen LogP contribution is 2.26. The highest BCUT2D eigenvalue weighted by molar-refractivity contribution is 7.98. The van der Waals surface area contributed by atoms with E-state index in [1.807, 2.05) is 51.3 Å². The second-order valence-electron chi connectivity index (χ2n) is 6.62. The van der Waals surface area contributed by atoms with E-state index in [9.17, 15) is 9.59 Å². The molecule has 1 aromatic carbocycles. The summed E-state index contributed by atoms with van der Waals surface area (Å²) in [5.74, 6) is 0.254. The molecule has 0 saturated carbocycles. The molecule has 0 bridgehead atoms. The van der Waals surface area contributed by atoms with Gasteiger partial charge in [0.2, 0.25) is 5.91 Å². The molecule has 134 valence electrons. The lowest BCUT2D eigenvalue weighted by Gasteiger charge is -2.20. The molecule has 0 saturated heterocycles. The van der Waals surface area contributed by atoms with Crippen LogP contribution in [0, 0.1) is 6.92 Å². The summed E-state index contributed by atoms with van der Waals surface area (Å²) >= 11 is 3.19. The fourth-order valence-electron chi connectivity index (χ4n) is 2.12. The predicted octanol–water partition coefficient (Wildman–Crippen LogP) is 3.39. The van der Waals surface area contributed by atoms with Crippen LogP contribution in [0.3, 0.4) is 0 Å². The number of thiazole rings is 1. The molecule has 0 fully saturated rings. The van der Waals surface area contributed by atoms with Crippen LogP contribution in [0.2, 0.25) is 0 Å². The topological polar surface area (TPSA) is 71.1 Å². The fraction of sp³-hybridized carbons (Fsp3) is 0.389. The minimum absolute atomic E-state index is 0.0413. The lowest BCUT2D eigenvalue weighted by Crippen LogP contribution is -2.45. The number of nitrogens with one attached hydrogen (secondary N) is 2. The van der Waals surface area contributed by atoms with Crippen LogP contribution in [0.1, 0.15) is 41.8 Å². The van der Waals surface area contributed by atoms with Gasteiger partial charge in [-0.2, -0.15) is 0 Å². The predicted molar refractivity (Wildman–Crippen MR) is 103 cm³/mol. The summed E-state index contributed by atoms with van der Waals surface area (Å²) in [6, 6.07) is 7.40. The van der Waals surface area contributed by atoms with Crippen LogP contribution in [-0.2, 0) is 10.5 Å². The molecule has 1 heterocycles. The molecule has 5 nitrogen and oxygen atoms in total. The Balaban J connectivity index is 1.96. The third-order valence-electron chi connectivity index (χ3n) is 3.10. The number of aryl methyl sites for hydroxylation is 1. The van der Waals surface area contributed by atoms with Crippen LogP contribution >= 0.6 is 23.1 Å². The molecule has 25 heavy (non-hydrogen) atoms. The first-order valence-corrected chi connectivity index (χ1v) is 9.83. The molecule has 0 radical (unpaired) electrons. The van der Waals surface area contributed by atoms with Gasteiger partial charge in [0.15, 0.2) is 0 Å². The Kier molecular flexibility index (Phi) is 6.61. The Hall–Kier alpha value is -1.86. The van der Waals surface area contributed by atoms with E-state index in [0.717, 1.165) is 15.6 Å². The van der Waals surface area contributed by atoms with Crippen molar-refractivity contribution in [2.45, 2.75) is 43.9 Å². The van der Waals surface area contributed by atoms with Crippen molar-refractivity contribution >= 4 is 34.9 Å². The first kappa shape index (κ1) is 19.5. The molecule has 2 rings (SSSR count). The molecule has 2 aromatic rings. The number of rotatable bonds is 6. The first-order chi connectivity index (χ1) is 11.7. The van der Waals surface area contributed by atoms with Crippen LogP contribution in [0.4, 0.5) is 0 Å². The number of hydrogen-bond donors (Lipinski definition) is 2. The molecule has 2 amide bonds. The third-order valence-corrected chi connectivity index (χ3v) is 5.03. The maximum absolute atomic E-state index is 12.4. The van der Waals surface area contributed by atoms with E-state index in [-0.39, 0.29) is 23.9 Å². The molecule has 7 heteroatoms. The lowest BCUT2D eigenvalue weighted by molar-refractivity contribution is -0.121. The Bertz CT molecular complexity index is 751. The van der Waals surface area contributed by atoms with Crippen LogP contribution in [0.25, 0.3) is 0 Å². The van der Waals surface area contributed by atoms with Gasteiger partial charge < -0.3 is 10.6 Å². The van der Waals surface area contributed by atoms with Crippen molar-refractivity contribution in [1.82, 2.24) is 15.6 Å². The van der Waals surface area contributed by atoms with E-state index in [0.29, 0.717) is 11.3 Å². The van der Waals surface area contributed by atoms with Crippen molar-refractivity contribution in [3.8, 4) is 0 Å². The minimum atomic E-state index is -0.318. The summed E-state index contributed by atoms with van der Waals surface area (Å²) in [5.41, 5.74) is 1.26. The van der Waals surface area contributed by atoms with Gasteiger partial charge in [-0.15, -0.1) is 23.1 Å². The average Bonchev–Trinajstić information content (AvgIpc) is 2.95. The van der Waals surface area contributed by atoms with E-state index in [4.69, 9.17) is 0 Å². The van der Waals surface area contributed by atoms with Crippen LogP contribution in [-0.4, -0.2) is 28.9 Å². The number of aromatic nitrogens is 1. The molecule has 0 atom stereocenters. The number of benzene rings is 1. The summed E-state index contributed by atoms with van der Waals surface area (Å²) in [6.07, 6.45) is 0. The van der Waals surface area contributed by atoms with E-state index in [1.54, 1.807) is 29.2 Å². The molecule has 0 unspecified atom stereocenters. The number of amides is 2. The molecule has 0 aliphatic carbocycles. The van der Waals surface area contributed by atoms with Crippen LogP contribution in [0.15, 0.2) is 34.5 Å². The first-order valence-electron chi connectivity index (χ1n) is 7.96. The number of thioether (sulfide) groups is 1. The smallest absolute Gasteiger partial charge is 0.252 e. The van der Waals surface area contributed by atoms with E-state index >= 15 is 0 Å². The summed E-state index contributed by atoms with van der Waals surface area (Å²) < 4.78 is 0. The van der Waals surface area contributed by atoms with E-state index in [1.165, 1.54) is 0 Å². The zero-order valence-electron chi connectivity index (χ0n) is 14.9. The van der Waals surface area contributed by atoms with Crippen molar-refractivity contribution in [2.24, 2.45) is 0 Å².